The molecule has 4 nitrogen and oxygen atoms in total. The highest BCUT2D eigenvalue weighted by atomic mass is 32.2. The highest BCUT2D eigenvalue weighted by Gasteiger charge is 2.07. The molecule has 1 rings (SSSR count). The van der Waals surface area contributed by atoms with Crippen molar-refractivity contribution in [3.8, 4) is 0 Å². The number of aryl methyl sites for hydroxylation is 1. The average molecular weight is 284 g/mol. The lowest BCUT2D eigenvalue weighted by Gasteiger charge is -2.16. The van der Waals surface area contributed by atoms with Crippen molar-refractivity contribution in [2.75, 3.05) is 16.3 Å². The largest absolute Gasteiger partial charge is 0.383 e. The van der Waals surface area contributed by atoms with Gasteiger partial charge >= 0.3 is 0 Å². The van der Waals surface area contributed by atoms with Crippen molar-refractivity contribution >= 4 is 21.4 Å². The van der Waals surface area contributed by atoms with Gasteiger partial charge in [-0.05, 0) is 44.0 Å². The molecule has 0 spiro atoms. The van der Waals surface area contributed by atoms with Crippen LogP contribution in [0.1, 0.15) is 38.7 Å². The van der Waals surface area contributed by atoms with E-state index < -0.39 is 10.0 Å². The van der Waals surface area contributed by atoms with Gasteiger partial charge in [-0.1, -0.05) is 19.8 Å². The first-order chi connectivity index (χ1) is 8.81. The van der Waals surface area contributed by atoms with Gasteiger partial charge in [0.25, 0.3) is 0 Å². The number of sulfonamides is 1. The summed E-state index contributed by atoms with van der Waals surface area (Å²) in [6.07, 6.45) is 4.70. The number of hydrogen-bond donors (Lipinski definition) is 2. The Hall–Kier alpha value is -1.23. The summed E-state index contributed by atoms with van der Waals surface area (Å²) in [7, 11) is -3.22. The minimum Gasteiger partial charge on any atom is -0.383 e. The molecule has 0 bridgehead atoms. The Balaban J connectivity index is 2.71. The first kappa shape index (κ1) is 15.8. The molecule has 1 aromatic rings. The van der Waals surface area contributed by atoms with Crippen LogP contribution >= 0.6 is 0 Å². The Kier molecular flexibility index (Phi) is 5.66. The van der Waals surface area contributed by atoms with Gasteiger partial charge in [-0.2, -0.15) is 0 Å². The lowest BCUT2D eigenvalue weighted by Crippen LogP contribution is -2.15. The molecule has 1 unspecified atom stereocenters. The van der Waals surface area contributed by atoms with Gasteiger partial charge in [-0.3, -0.25) is 4.72 Å². The van der Waals surface area contributed by atoms with Crippen molar-refractivity contribution in [2.24, 2.45) is 0 Å². The maximum atomic E-state index is 11.2. The van der Waals surface area contributed by atoms with Crippen LogP contribution in [0.25, 0.3) is 0 Å². The summed E-state index contributed by atoms with van der Waals surface area (Å²) in [5.74, 6) is 0. The summed E-state index contributed by atoms with van der Waals surface area (Å²) in [4.78, 5) is 0. The van der Waals surface area contributed by atoms with E-state index in [0.29, 0.717) is 11.7 Å². The molecular formula is C14H24N2O2S. The zero-order chi connectivity index (χ0) is 14.5. The molecule has 0 aliphatic carbocycles. The van der Waals surface area contributed by atoms with Crippen molar-refractivity contribution in [1.82, 2.24) is 0 Å². The van der Waals surface area contributed by atoms with Gasteiger partial charge in [0.15, 0.2) is 0 Å². The summed E-state index contributed by atoms with van der Waals surface area (Å²) in [6, 6.07) is 6.09. The average Bonchev–Trinajstić information content (AvgIpc) is 2.28. The van der Waals surface area contributed by atoms with E-state index in [0.717, 1.165) is 23.9 Å². The second-order valence-corrected chi connectivity index (χ2v) is 6.84. The van der Waals surface area contributed by atoms with Gasteiger partial charge in [0.2, 0.25) is 10.0 Å². The molecule has 0 amide bonds. The molecule has 0 fully saturated rings. The number of hydrogen-bond acceptors (Lipinski definition) is 3. The Morgan fingerprint density at radius 2 is 2.00 bits per heavy atom. The van der Waals surface area contributed by atoms with E-state index in [2.05, 4.69) is 23.9 Å². The van der Waals surface area contributed by atoms with E-state index in [1.54, 1.807) is 6.07 Å². The lowest BCUT2D eigenvalue weighted by molar-refractivity contribution is 0.606. The van der Waals surface area contributed by atoms with E-state index in [1.807, 2.05) is 19.1 Å². The second-order valence-electron chi connectivity index (χ2n) is 5.09. The predicted molar refractivity (Wildman–Crippen MR) is 82.3 cm³/mol. The summed E-state index contributed by atoms with van der Waals surface area (Å²) in [5, 5.41) is 3.43. The molecule has 0 aliphatic heterocycles. The summed E-state index contributed by atoms with van der Waals surface area (Å²) in [5.41, 5.74) is 2.58. The Morgan fingerprint density at radius 3 is 2.53 bits per heavy atom. The molecule has 108 valence electrons. The molecule has 0 saturated heterocycles. The number of rotatable bonds is 7. The minimum absolute atomic E-state index is 0.424. The summed E-state index contributed by atoms with van der Waals surface area (Å²) >= 11 is 0. The van der Waals surface area contributed by atoms with Gasteiger partial charge in [-0.15, -0.1) is 0 Å². The molecule has 0 radical (unpaired) electrons. The fraction of sp³-hybridized carbons (Fsp3) is 0.571. The second kappa shape index (κ2) is 6.80. The smallest absolute Gasteiger partial charge is 0.229 e. The van der Waals surface area contributed by atoms with Crippen LogP contribution < -0.4 is 10.0 Å². The number of unbranched alkanes of at least 4 members (excludes halogenated alkanes) is 1. The quantitative estimate of drug-likeness (QED) is 0.807. The summed E-state index contributed by atoms with van der Waals surface area (Å²) < 4.78 is 24.9. The van der Waals surface area contributed by atoms with Gasteiger partial charge in [0.05, 0.1) is 11.9 Å². The molecule has 0 saturated carbocycles. The van der Waals surface area contributed by atoms with Crippen molar-refractivity contribution in [3.63, 3.8) is 0 Å². The predicted octanol–water partition coefficient (Wildman–Crippen LogP) is 3.36. The van der Waals surface area contributed by atoms with Crippen molar-refractivity contribution in [2.45, 2.75) is 46.1 Å². The number of benzene rings is 1. The van der Waals surface area contributed by atoms with Crippen LogP contribution in [0.15, 0.2) is 18.2 Å². The van der Waals surface area contributed by atoms with E-state index in [-0.39, 0.29) is 0 Å². The lowest BCUT2D eigenvalue weighted by atomic mass is 10.1. The van der Waals surface area contributed by atoms with Crippen LogP contribution in [-0.4, -0.2) is 20.7 Å². The van der Waals surface area contributed by atoms with Gasteiger partial charge in [0, 0.05) is 11.7 Å². The van der Waals surface area contributed by atoms with E-state index in [9.17, 15) is 8.42 Å². The van der Waals surface area contributed by atoms with Gasteiger partial charge < -0.3 is 5.32 Å². The van der Waals surface area contributed by atoms with Gasteiger partial charge in [0.1, 0.15) is 0 Å². The van der Waals surface area contributed by atoms with Crippen LogP contribution in [0.4, 0.5) is 11.4 Å². The molecule has 1 atom stereocenters. The van der Waals surface area contributed by atoms with Crippen molar-refractivity contribution in [3.05, 3.63) is 23.8 Å². The van der Waals surface area contributed by atoms with E-state index in [1.165, 1.54) is 12.8 Å². The third-order valence-electron chi connectivity index (χ3n) is 2.93. The van der Waals surface area contributed by atoms with Crippen molar-refractivity contribution in [1.29, 1.82) is 0 Å². The van der Waals surface area contributed by atoms with E-state index >= 15 is 0 Å². The fourth-order valence-corrected chi connectivity index (χ4v) is 2.56. The normalized spacial score (nSPS) is 13.1. The van der Waals surface area contributed by atoms with E-state index in [4.69, 9.17) is 0 Å². The standard InChI is InChI=1S/C14H24N2O2S/c1-5-6-7-12(3)15-13-8-9-14(11(2)10-13)16-19(4,17)18/h8-10,12,15-16H,5-7H2,1-4H3. The van der Waals surface area contributed by atoms with Crippen molar-refractivity contribution < 1.29 is 8.42 Å². The highest BCUT2D eigenvalue weighted by Crippen LogP contribution is 2.21. The minimum atomic E-state index is -3.22. The molecule has 5 heteroatoms. The Labute approximate surface area is 116 Å². The zero-order valence-electron chi connectivity index (χ0n) is 12.2. The Bertz CT molecular complexity index is 512. The van der Waals surface area contributed by atoms with Crippen LogP contribution in [0.3, 0.4) is 0 Å². The van der Waals surface area contributed by atoms with Gasteiger partial charge in [-0.25, -0.2) is 8.42 Å². The monoisotopic (exact) mass is 284 g/mol. The van der Waals surface area contributed by atoms with Crippen LogP contribution in [-0.2, 0) is 10.0 Å². The SMILES string of the molecule is CCCCC(C)Nc1ccc(NS(C)(=O)=O)c(C)c1. The molecule has 2 N–H and O–H groups in total. The third kappa shape index (κ3) is 5.96. The maximum absolute atomic E-state index is 11.2. The molecule has 0 aromatic heterocycles. The fourth-order valence-electron chi connectivity index (χ4n) is 1.93. The molecular weight excluding hydrogens is 260 g/mol. The van der Waals surface area contributed by atoms with Crippen LogP contribution in [0.5, 0.6) is 0 Å². The Morgan fingerprint density at radius 1 is 1.32 bits per heavy atom. The summed E-state index contributed by atoms with van der Waals surface area (Å²) in [6.45, 7) is 6.24. The third-order valence-corrected chi connectivity index (χ3v) is 3.52. The molecule has 0 aliphatic rings. The van der Waals surface area contributed by atoms with Crippen LogP contribution in [0, 0.1) is 6.92 Å². The molecule has 0 heterocycles. The first-order valence-corrected chi connectivity index (χ1v) is 8.56. The van der Waals surface area contributed by atoms with Crippen LogP contribution in [0.2, 0.25) is 0 Å². The molecule has 1 aromatic carbocycles. The maximum Gasteiger partial charge on any atom is 0.229 e. The highest BCUT2D eigenvalue weighted by molar-refractivity contribution is 7.92. The first-order valence-electron chi connectivity index (χ1n) is 6.67. The zero-order valence-corrected chi connectivity index (χ0v) is 13.0. The molecule has 19 heavy (non-hydrogen) atoms. The number of anilines is 2. The topological polar surface area (TPSA) is 58.2 Å². The number of nitrogens with one attached hydrogen (secondary N) is 2.